The van der Waals surface area contributed by atoms with Gasteiger partial charge in [-0.05, 0) is 37.0 Å². The lowest BCUT2D eigenvalue weighted by Gasteiger charge is -2.22. The summed E-state index contributed by atoms with van der Waals surface area (Å²) >= 11 is 0. The number of benzene rings is 1. The highest BCUT2D eigenvalue weighted by atomic mass is 16.6. The van der Waals surface area contributed by atoms with Crippen LogP contribution in [0, 0.1) is 12.8 Å². The van der Waals surface area contributed by atoms with E-state index in [0.29, 0.717) is 12.5 Å². The molecule has 1 rings (SSSR count). The number of esters is 1. The second-order valence-corrected chi connectivity index (χ2v) is 5.71. The van der Waals surface area contributed by atoms with Crippen LogP contribution in [0.3, 0.4) is 0 Å². The largest absolute Gasteiger partial charge is 0.478 e. The lowest BCUT2D eigenvalue weighted by Crippen LogP contribution is -2.34. The molecule has 0 N–H and O–H groups in total. The van der Waals surface area contributed by atoms with E-state index < -0.39 is 6.10 Å². The van der Waals surface area contributed by atoms with Gasteiger partial charge in [-0.15, -0.1) is 0 Å². The van der Waals surface area contributed by atoms with Crippen LogP contribution in [-0.4, -0.2) is 18.7 Å². The van der Waals surface area contributed by atoms with Crippen LogP contribution in [0.1, 0.15) is 51.7 Å². The van der Waals surface area contributed by atoms with E-state index in [9.17, 15) is 4.79 Å². The molecule has 1 aromatic carbocycles. The number of aryl methyl sites for hydroxylation is 1. The van der Waals surface area contributed by atoms with Crippen LogP contribution in [0.5, 0.6) is 5.75 Å². The first-order chi connectivity index (χ1) is 9.36. The fourth-order valence-corrected chi connectivity index (χ4v) is 1.92. The number of carbonyl (C=O) groups is 1. The zero-order valence-electron chi connectivity index (χ0n) is 13.4. The van der Waals surface area contributed by atoms with Crippen molar-refractivity contribution >= 4 is 5.97 Å². The maximum atomic E-state index is 12.0. The molecule has 20 heavy (non-hydrogen) atoms. The van der Waals surface area contributed by atoms with Gasteiger partial charge in [0.25, 0.3) is 0 Å². The molecule has 0 saturated heterocycles. The van der Waals surface area contributed by atoms with Gasteiger partial charge in [-0.25, -0.2) is 4.79 Å². The van der Waals surface area contributed by atoms with Crippen LogP contribution in [0.15, 0.2) is 18.2 Å². The maximum absolute atomic E-state index is 12.0. The number of hydrogen-bond acceptors (Lipinski definition) is 3. The Hall–Kier alpha value is -1.51. The summed E-state index contributed by atoms with van der Waals surface area (Å²) < 4.78 is 11.0. The van der Waals surface area contributed by atoms with Crippen LogP contribution in [0.4, 0.5) is 0 Å². The Morgan fingerprint density at radius 3 is 2.35 bits per heavy atom. The number of ether oxygens (including phenoxy) is 2. The van der Waals surface area contributed by atoms with Crippen LogP contribution < -0.4 is 4.74 Å². The van der Waals surface area contributed by atoms with Gasteiger partial charge in [-0.2, -0.15) is 0 Å². The molecule has 1 aromatic rings. The molecule has 0 aromatic heterocycles. The molecule has 0 bridgehead atoms. The Morgan fingerprint density at radius 1 is 1.20 bits per heavy atom. The number of hydrogen-bond donors (Lipinski definition) is 0. The molecule has 0 radical (unpaired) electrons. The Morgan fingerprint density at radius 2 is 1.85 bits per heavy atom. The van der Waals surface area contributed by atoms with Crippen LogP contribution in [-0.2, 0) is 9.53 Å². The summed E-state index contributed by atoms with van der Waals surface area (Å²) in [7, 11) is 0. The molecule has 0 spiro atoms. The van der Waals surface area contributed by atoms with E-state index in [1.54, 1.807) is 6.92 Å². The summed E-state index contributed by atoms with van der Waals surface area (Å²) in [6.45, 7) is 12.4. The molecule has 0 saturated carbocycles. The van der Waals surface area contributed by atoms with Gasteiger partial charge in [0.15, 0.2) is 6.10 Å². The first-order valence-corrected chi connectivity index (χ1v) is 7.30. The minimum Gasteiger partial charge on any atom is -0.478 e. The van der Waals surface area contributed by atoms with E-state index in [-0.39, 0.29) is 11.9 Å². The number of rotatable bonds is 6. The molecular weight excluding hydrogens is 252 g/mol. The average molecular weight is 278 g/mol. The second-order valence-electron chi connectivity index (χ2n) is 5.71. The summed E-state index contributed by atoms with van der Waals surface area (Å²) in [5, 5.41) is 0. The van der Waals surface area contributed by atoms with Gasteiger partial charge in [0.05, 0.1) is 6.61 Å². The summed E-state index contributed by atoms with van der Waals surface area (Å²) in [6.07, 6.45) is -0.559. The molecule has 0 amide bonds. The lowest BCUT2D eigenvalue weighted by molar-refractivity contribution is -0.153. The van der Waals surface area contributed by atoms with Crippen molar-refractivity contribution in [2.24, 2.45) is 5.92 Å². The molecule has 3 nitrogen and oxygen atoms in total. The molecule has 0 aliphatic heterocycles. The van der Waals surface area contributed by atoms with Crippen molar-refractivity contribution in [1.82, 2.24) is 0 Å². The van der Waals surface area contributed by atoms with Crippen molar-refractivity contribution in [1.29, 1.82) is 0 Å². The topological polar surface area (TPSA) is 35.5 Å². The van der Waals surface area contributed by atoms with Gasteiger partial charge in [0.1, 0.15) is 5.75 Å². The summed E-state index contributed by atoms with van der Waals surface area (Å²) in [5.74, 6) is 0.967. The SMILES string of the molecule is CCOC(=O)C(Oc1cc(C(C)C)ccc1C)C(C)C. The van der Waals surface area contributed by atoms with E-state index in [0.717, 1.165) is 11.3 Å². The number of carbonyl (C=O) groups excluding carboxylic acids is 1. The second kappa shape index (κ2) is 7.32. The highest BCUT2D eigenvalue weighted by Gasteiger charge is 2.26. The van der Waals surface area contributed by atoms with Gasteiger partial charge in [-0.3, -0.25) is 0 Å². The van der Waals surface area contributed by atoms with E-state index >= 15 is 0 Å². The zero-order chi connectivity index (χ0) is 15.3. The van der Waals surface area contributed by atoms with Crippen molar-refractivity contribution in [3.05, 3.63) is 29.3 Å². The van der Waals surface area contributed by atoms with E-state index in [1.807, 2.05) is 32.9 Å². The monoisotopic (exact) mass is 278 g/mol. The first kappa shape index (κ1) is 16.5. The quantitative estimate of drug-likeness (QED) is 0.735. The predicted octanol–water partition coefficient (Wildman–Crippen LogP) is 4.08. The molecular formula is C17H26O3. The Labute approximate surface area is 122 Å². The van der Waals surface area contributed by atoms with E-state index in [4.69, 9.17) is 9.47 Å². The van der Waals surface area contributed by atoms with Crippen molar-refractivity contribution in [3.63, 3.8) is 0 Å². The fourth-order valence-electron chi connectivity index (χ4n) is 1.92. The van der Waals surface area contributed by atoms with Crippen LogP contribution in [0.25, 0.3) is 0 Å². The Balaban J connectivity index is 2.98. The average Bonchev–Trinajstić information content (AvgIpc) is 2.37. The minimum absolute atomic E-state index is 0.0659. The van der Waals surface area contributed by atoms with Crippen molar-refractivity contribution in [2.75, 3.05) is 6.61 Å². The summed E-state index contributed by atoms with van der Waals surface area (Å²) in [6, 6.07) is 6.16. The molecule has 0 fully saturated rings. The molecule has 0 aliphatic rings. The Bertz CT molecular complexity index is 450. The zero-order valence-corrected chi connectivity index (χ0v) is 13.4. The minimum atomic E-state index is -0.559. The summed E-state index contributed by atoms with van der Waals surface area (Å²) in [4.78, 5) is 12.0. The molecule has 1 atom stereocenters. The first-order valence-electron chi connectivity index (χ1n) is 7.30. The van der Waals surface area contributed by atoms with Gasteiger partial charge >= 0.3 is 5.97 Å². The molecule has 1 unspecified atom stereocenters. The van der Waals surface area contributed by atoms with Gasteiger partial charge < -0.3 is 9.47 Å². The van der Waals surface area contributed by atoms with Crippen molar-refractivity contribution in [2.45, 2.75) is 53.6 Å². The van der Waals surface area contributed by atoms with E-state index in [1.165, 1.54) is 5.56 Å². The highest BCUT2D eigenvalue weighted by molar-refractivity contribution is 5.75. The smallest absolute Gasteiger partial charge is 0.347 e. The van der Waals surface area contributed by atoms with Gasteiger partial charge in [0, 0.05) is 5.92 Å². The molecule has 112 valence electrons. The van der Waals surface area contributed by atoms with Crippen molar-refractivity contribution in [3.8, 4) is 5.75 Å². The Kier molecular flexibility index (Phi) is 6.05. The molecule has 0 heterocycles. The predicted molar refractivity (Wildman–Crippen MR) is 81.2 cm³/mol. The fraction of sp³-hybridized carbons (Fsp3) is 0.588. The third-order valence-corrected chi connectivity index (χ3v) is 3.26. The standard InChI is InChI=1S/C17H26O3/c1-7-19-17(18)16(12(4)5)20-15-10-14(11(2)3)9-8-13(15)6/h8-12,16H,7H2,1-6H3. The van der Waals surface area contributed by atoms with Gasteiger partial charge in [-0.1, -0.05) is 39.8 Å². The highest BCUT2D eigenvalue weighted by Crippen LogP contribution is 2.26. The molecule has 0 aliphatic carbocycles. The maximum Gasteiger partial charge on any atom is 0.347 e. The third-order valence-electron chi connectivity index (χ3n) is 3.26. The summed E-state index contributed by atoms with van der Waals surface area (Å²) in [5.41, 5.74) is 2.24. The normalized spacial score (nSPS) is 12.6. The van der Waals surface area contributed by atoms with Crippen molar-refractivity contribution < 1.29 is 14.3 Å². The molecule has 3 heteroatoms. The van der Waals surface area contributed by atoms with E-state index in [2.05, 4.69) is 19.9 Å². The van der Waals surface area contributed by atoms with Crippen LogP contribution >= 0.6 is 0 Å². The van der Waals surface area contributed by atoms with Crippen LogP contribution in [0.2, 0.25) is 0 Å². The lowest BCUT2D eigenvalue weighted by atomic mass is 10.0. The van der Waals surface area contributed by atoms with Gasteiger partial charge in [0.2, 0.25) is 0 Å². The third kappa shape index (κ3) is 4.26.